The van der Waals surface area contributed by atoms with E-state index in [1.807, 2.05) is 0 Å². The number of aromatic nitrogens is 5. The third-order valence-corrected chi connectivity index (χ3v) is 4.44. The fraction of sp³-hybridized carbons (Fsp3) is 0.143. The van der Waals surface area contributed by atoms with Gasteiger partial charge in [0.2, 0.25) is 0 Å². The molecule has 9 heteroatoms. The molecule has 0 saturated heterocycles. The van der Waals surface area contributed by atoms with Crippen molar-refractivity contribution in [1.82, 2.24) is 25.6 Å². The summed E-state index contributed by atoms with van der Waals surface area (Å²) < 4.78 is 24.2. The monoisotopic (exact) mass is 331 g/mol. The van der Waals surface area contributed by atoms with Crippen molar-refractivity contribution in [3.63, 3.8) is 0 Å². The molecule has 0 amide bonds. The summed E-state index contributed by atoms with van der Waals surface area (Å²) in [5.74, 6) is 0.257. The van der Waals surface area contributed by atoms with Crippen LogP contribution < -0.4 is 0 Å². The van der Waals surface area contributed by atoms with Crippen LogP contribution in [0, 0.1) is 0 Å². The molecule has 118 valence electrons. The van der Waals surface area contributed by atoms with Crippen LogP contribution in [-0.4, -0.2) is 45.4 Å². The summed E-state index contributed by atoms with van der Waals surface area (Å²) in [6, 6.07) is 8.35. The number of nitrogens with one attached hydrogen (secondary N) is 1. The van der Waals surface area contributed by atoms with Gasteiger partial charge in [0, 0.05) is 23.6 Å². The number of pyridine rings is 1. The predicted molar refractivity (Wildman–Crippen MR) is 81.9 cm³/mol. The third kappa shape index (κ3) is 2.96. The molecule has 0 atom stereocenters. The van der Waals surface area contributed by atoms with Gasteiger partial charge in [-0.2, -0.15) is 0 Å². The molecule has 0 unspecified atom stereocenters. The van der Waals surface area contributed by atoms with Crippen LogP contribution in [0.3, 0.4) is 0 Å². The van der Waals surface area contributed by atoms with Crippen LogP contribution in [0.4, 0.5) is 0 Å². The van der Waals surface area contributed by atoms with Crippen molar-refractivity contribution in [2.24, 2.45) is 0 Å². The van der Waals surface area contributed by atoms with Gasteiger partial charge in [-0.1, -0.05) is 18.2 Å². The number of sulfone groups is 1. The zero-order valence-electron chi connectivity index (χ0n) is 12.1. The van der Waals surface area contributed by atoms with Gasteiger partial charge in [0.1, 0.15) is 0 Å². The number of aliphatic hydroxyl groups excluding tert-OH is 1. The van der Waals surface area contributed by atoms with E-state index in [1.54, 1.807) is 30.5 Å². The molecule has 2 N–H and O–H groups in total. The maximum Gasteiger partial charge on any atom is 0.181 e. The molecular weight excluding hydrogens is 318 g/mol. The van der Waals surface area contributed by atoms with Crippen molar-refractivity contribution in [2.75, 3.05) is 6.26 Å². The summed E-state index contributed by atoms with van der Waals surface area (Å²) in [6.45, 7) is -0.164. The normalized spacial score (nSPS) is 11.6. The Morgan fingerprint density at radius 2 is 2.04 bits per heavy atom. The van der Waals surface area contributed by atoms with E-state index in [9.17, 15) is 8.42 Å². The molecule has 2 heterocycles. The van der Waals surface area contributed by atoms with Crippen LogP contribution in [-0.2, 0) is 16.4 Å². The van der Waals surface area contributed by atoms with Crippen LogP contribution >= 0.6 is 0 Å². The van der Waals surface area contributed by atoms with Crippen molar-refractivity contribution in [3.8, 4) is 22.5 Å². The summed E-state index contributed by atoms with van der Waals surface area (Å²) in [4.78, 5) is 4.25. The first-order valence-corrected chi connectivity index (χ1v) is 8.53. The molecule has 0 saturated carbocycles. The molecule has 1 aromatic carbocycles. The Balaban J connectivity index is 2.28. The molecule has 3 rings (SSSR count). The molecule has 23 heavy (non-hydrogen) atoms. The minimum atomic E-state index is -3.48. The Labute approximate surface area is 132 Å². The topological polar surface area (TPSA) is 122 Å². The van der Waals surface area contributed by atoms with Gasteiger partial charge >= 0.3 is 0 Å². The standard InChI is InChI=1S/C14H13N5O3S/c1-23(21,22)12-4-2-3-11(13(12)14-16-18-19-17-14)9-5-6-10(8-20)15-7-9/h2-7,20H,8H2,1H3,(H,16,17,18,19). The minimum absolute atomic E-state index is 0.125. The van der Waals surface area contributed by atoms with Gasteiger partial charge in [-0.25, -0.2) is 13.5 Å². The SMILES string of the molecule is CS(=O)(=O)c1cccc(-c2ccc(CO)nc2)c1-c1nnn[nH]1. The lowest BCUT2D eigenvalue weighted by molar-refractivity contribution is 0.277. The summed E-state index contributed by atoms with van der Waals surface area (Å²) in [7, 11) is -3.48. The molecule has 0 spiro atoms. The van der Waals surface area contributed by atoms with E-state index in [4.69, 9.17) is 5.11 Å². The van der Waals surface area contributed by atoms with Crippen LogP contribution in [0.1, 0.15) is 5.69 Å². The zero-order valence-corrected chi connectivity index (χ0v) is 12.9. The summed E-state index contributed by atoms with van der Waals surface area (Å²) in [6.07, 6.45) is 2.70. The van der Waals surface area contributed by atoms with Crippen LogP contribution in [0.25, 0.3) is 22.5 Å². The molecule has 0 aliphatic heterocycles. The maximum absolute atomic E-state index is 12.1. The van der Waals surface area contributed by atoms with Gasteiger partial charge in [-0.3, -0.25) is 4.98 Å². The molecule has 0 aliphatic rings. The highest BCUT2D eigenvalue weighted by Gasteiger charge is 2.21. The summed E-state index contributed by atoms with van der Waals surface area (Å²) >= 11 is 0. The third-order valence-electron chi connectivity index (χ3n) is 3.31. The summed E-state index contributed by atoms with van der Waals surface area (Å²) in [5, 5.41) is 22.6. The fourth-order valence-electron chi connectivity index (χ4n) is 2.27. The van der Waals surface area contributed by atoms with Crippen molar-refractivity contribution < 1.29 is 13.5 Å². The zero-order chi connectivity index (χ0) is 16.4. The van der Waals surface area contributed by atoms with E-state index in [-0.39, 0.29) is 17.3 Å². The van der Waals surface area contributed by atoms with Gasteiger partial charge in [0.05, 0.1) is 17.2 Å². The number of benzene rings is 1. The van der Waals surface area contributed by atoms with Crippen LogP contribution in [0.5, 0.6) is 0 Å². The Hall–Kier alpha value is -2.65. The van der Waals surface area contributed by atoms with Crippen molar-refractivity contribution >= 4 is 9.84 Å². The second kappa shape index (κ2) is 5.86. The van der Waals surface area contributed by atoms with Crippen molar-refractivity contribution in [1.29, 1.82) is 0 Å². The second-order valence-corrected chi connectivity index (χ2v) is 6.88. The molecular formula is C14H13N5O3S. The van der Waals surface area contributed by atoms with E-state index in [1.165, 1.54) is 6.07 Å². The largest absolute Gasteiger partial charge is 0.390 e. The highest BCUT2D eigenvalue weighted by atomic mass is 32.2. The van der Waals surface area contributed by atoms with E-state index in [2.05, 4.69) is 25.6 Å². The van der Waals surface area contributed by atoms with E-state index in [0.717, 1.165) is 6.26 Å². The first kappa shape index (κ1) is 15.3. The Morgan fingerprint density at radius 1 is 1.22 bits per heavy atom. The first-order chi connectivity index (χ1) is 11.0. The molecule has 3 aromatic rings. The van der Waals surface area contributed by atoms with Gasteiger partial charge < -0.3 is 5.11 Å². The second-order valence-electron chi connectivity index (χ2n) is 4.90. The highest BCUT2D eigenvalue weighted by molar-refractivity contribution is 7.90. The average Bonchev–Trinajstić information content (AvgIpc) is 3.07. The number of tetrazole rings is 1. The lowest BCUT2D eigenvalue weighted by atomic mass is 10.0. The molecule has 0 radical (unpaired) electrons. The minimum Gasteiger partial charge on any atom is -0.390 e. The Kier molecular flexibility index (Phi) is 3.89. The number of aliphatic hydroxyl groups is 1. The number of hydrogen-bond donors (Lipinski definition) is 2. The van der Waals surface area contributed by atoms with E-state index < -0.39 is 9.84 Å². The van der Waals surface area contributed by atoms with E-state index in [0.29, 0.717) is 22.4 Å². The summed E-state index contributed by atoms with van der Waals surface area (Å²) in [5.41, 5.74) is 2.23. The Morgan fingerprint density at radius 3 is 2.61 bits per heavy atom. The van der Waals surface area contributed by atoms with Gasteiger partial charge in [-0.15, -0.1) is 5.10 Å². The molecule has 0 bridgehead atoms. The smallest absolute Gasteiger partial charge is 0.181 e. The molecule has 2 aromatic heterocycles. The number of H-pyrrole nitrogens is 1. The maximum atomic E-state index is 12.1. The molecule has 0 fully saturated rings. The lowest BCUT2D eigenvalue weighted by Crippen LogP contribution is -2.02. The average molecular weight is 331 g/mol. The highest BCUT2D eigenvalue weighted by Crippen LogP contribution is 2.34. The molecule has 8 nitrogen and oxygen atoms in total. The van der Waals surface area contributed by atoms with Gasteiger partial charge in [0.25, 0.3) is 0 Å². The Bertz CT molecular complexity index is 922. The van der Waals surface area contributed by atoms with Crippen LogP contribution in [0.2, 0.25) is 0 Å². The van der Waals surface area contributed by atoms with Crippen molar-refractivity contribution in [3.05, 3.63) is 42.2 Å². The van der Waals surface area contributed by atoms with Gasteiger partial charge in [0.15, 0.2) is 15.7 Å². The lowest BCUT2D eigenvalue weighted by Gasteiger charge is -2.11. The number of rotatable bonds is 4. The van der Waals surface area contributed by atoms with E-state index >= 15 is 0 Å². The van der Waals surface area contributed by atoms with Crippen molar-refractivity contribution in [2.45, 2.75) is 11.5 Å². The predicted octanol–water partition coefficient (Wildman–Crippen LogP) is 0.825. The van der Waals surface area contributed by atoms with Crippen LogP contribution in [0.15, 0.2) is 41.4 Å². The molecule has 0 aliphatic carbocycles. The quantitative estimate of drug-likeness (QED) is 0.726. The number of aromatic amines is 1. The number of hydrogen-bond acceptors (Lipinski definition) is 7. The number of nitrogens with zero attached hydrogens (tertiary/aromatic N) is 4. The fourth-order valence-corrected chi connectivity index (χ4v) is 3.17. The van der Waals surface area contributed by atoms with Gasteiger partial charge in [-0.05, 0) is 28.1 Å². The first-order valence-electron chi connectivity index (χ1n) is 6.64.